The van der Waals surface area contributed by atoms with Crippen LogP contribution in [0.5, 0.6) is 0 Å². The molecule has 0 aromatic heterocycles. The summed E-state index contributed by atoms with van der Waals surface area (Å²) in [4.78, 5) is 4.54. The second-order valence-corrected chi connectivity index (χ2v) is 5.96. The Morgan fingerprint density at radius 1 is 1.45 bits per heavy atom. The Morgan fingerprint density at radius 3 is 2.80 bits per heavy atom. The summed E-state index contributed by atoms with van der Waals surface area (Å²) in [6.45, 7) is 3.99. The average Bonchev–Trinajstić information content (AvgIpc) is 2.90. The van der Waals surface area contributed by atoms with Gasteiger partial charge in [0.15, 0.2) is 0 Å². The van der Waals surface area contributed by atoms with Crippen molar-refractivity contribution in [3.63, 3.8) is 0 Å². The van der Waals surface area contributed by atoms with E-state index in [2.05, 4.69) is 23.9 Å². The largest absolute Gasteiger partial charge is 0.370 e. The molecule has 2 unspecified atom stereocenters. The predicted octanol–water partition coefficient (Wildman–Crippen LogP) is 2.25. The summed E-state index contributed by atoms with van der Waals surface area (Å²) in [6.07, 6.45) is 2.61. The Balaban J connectivity index is 2.21. The highest BCUT2D eigenvalue weighted by Crippen LogP contribution is 2.28. The Labute approximate surface area is 121 Å². The van der Waals surface area contributed by atoms with Crippen molar-refractivity contribution in [2.75, 3.05) is 32.1 Å². The minimum absolute atomic E-state index is 0.0258. The van der Waals surface area contributed by atoms with E-state index in [9.17, 15) is 4.39 Å². The molecule has 1 aliphatic heterocycles. The van der Waals surface area contributed by atoms with Crippen molar-refractivity contribution in [3.05, 3.63) is 29.6 Å². The van der Waals surface area contributed by atoms with E-state index in [1.165, 1.54) is 0 Å². The van der Waals surface area contributed by atoms with Crippen molar-refractivity contribution in [1.82, 2.24) is 4.90 Å². The fourth-order valence-electron chi connectivity index (χ4n) is 2.83. The molecular weight excluding hydrogens is 253 g/mol. The molecule has 1 saturated heterocycles. The molecule has 1 aromatic rings. The van der Waals surface area contributed by atoms with Gasteiger partial charge in [0.2, 0.25) is 0 Å². The molecule has 4 heteroatoms. The summed E-state index contributed by atoms with van der Waals surface area (Å²) in [6, 6.07) is 5.94. The summed E-state index contributed by atoms with van der Waals surface area (Å²) in [5.74, 6) is -0.125. The van der Waals surface area contributed by atoms with Crippen molar-refractivity contribution >= 4 is 5.69 Å². The molecule has 3 nitrogen and oxygen atoms in total. The van der Waals surface area contributed by atoms with Gasteiger partial charge in [0, 0.05) is 36.4 Å². The smallest absolute Gasteiger partial charge is 0.128 e. The van der Waals surface area contributed by atoms with E-state index in [1.807, 2.05) is 13.0 Å². The van der Waals surface area contributed by atoms with Gasteiger partial charge in [0.05, 0.1) is 0 Å². The highest BCUT2D eigenvalue weighted by molar-refractivity contribution is 5.55. The zero-order valence-corrected chi connectivity index (χ0v) is 12.8. The van der Waals surface area contributed by atoms with Gasteiger partial charge in [-0.15, -0.1) is 0 Å². The summed E-state index contributed by atoms with van der Waals surface area (Å²) >= 11 is 0. The number of nitrogens with two attached hydrogens (primary N) is 1. The molecule has 112 valence electrons. The number of rotatable bonds is 5. The quantitative estimate of drug-likeness (QED) is 0.897. The van der Waals surface area contributed by atoms with Gasteiger partial charge in [0.25, 0.3) is 0 Å². The second-order valence-electron chi connectivity index (χ2n) is 5.96. The van der Waals surface area contributed by atoms with Gasteiger partial charge in [0.1, 0.15) is 5.82 Å². The average molecular weight is 279 g/mol. The lowest BCUT2D eigenvalue weighted by atomic mass is 10.0. The second kappa shape index (κ2) is 6.55. The Hall–Kier alpha value is -1.13. The van der Waals surface area contributed by atoms with Crippen LogP contribution >= 0.6 is 0 Å². The number of halogens is 1. The standard InChI is InChI=1S/C16H26FN3/c1-4-12(18)10-14-15(17)6-5-7-16(14)20-9-8-13(11-20)19(2)3/h5-7,12-13H,4,8-11,18H2,1-3H3. The molecule has 0 amide bonds. The van der Waals surface area contributed by atoms with Crippen molar-refractivity contribution < 1.29 is 4.39 Å². The van der Waals surface area contributed by atoms with Gasteiger partial charge in [-0.05, 0) is 45.5 Å². The molecule has 1 heterocycles. The number of nitrogens with zero attached hydrogens (tertiary/aromatic N) is 2. The van der Waals surface area contributed by atoms with E-state index in [0.29, 0.717) is 12.5 Å². The van der Waals surface area contributed by atoms with Crippen LogP contribution in [0, 0.1) is 5.82 Å². The third kappa shape index (κ3) is 3.30. The van der Waals surface area contributed by atoms with Crippen LogP contribution in [0.2, 0.25) is 0 Å². The van der Waals surface area contributed by atoms with Crippen LogP contribution in [0.4, 0.5) is 10.1 Å². The van der Waals surface area contributed by atoms with Crippen LogP contribution in [-0.2, 0) is 6.42 Å². The van der Waals surface area contributed by atoms with Gasteiger partial charge in [-0.2, -0.15) is 0 Å². The number of likely N-dealkylation sites (N-methyl/N-ethyl adjacent to an activating group) is 1. The highest BCUT2D eigenvalue weighted by atomic mass is 19.1. The minimum atomic E-state index is -0.125. The first-order valence-electron chi connectivity index (χ1n) is 7.47. The molecule has 0 bridgehead atoms. The molecular formula is C16H26FN3. The summed E-state index contributed by atoms with van der Waals surface area (Å²) in [7, 11) is 4.21. The topological polar surface area (TPSA) is 32.5 Å². The molecule has 0 saturated carbocycles. The van der Waals surface area contributed by atoms with Crippen LogP contribution in [-0.4, -0.2) is 44.2 Å². The highest BCUT2D eigenvalue weighted by Gasteiger charge is 2.26. The molecule has 2 N–H and O–H groups in total. The zero-order chi connectivity index (χ0) is 14.7. The molecule has 20 heavy (non-hydrogen) atoms. The molecule has 1 fully saturated rings. The van der Waals surface area contributed by atoms with Gasteiger partial charge in [-0.1, -0.05) is 13.0 Å². The van der Waals surface area contributed by atoms with E-state index in [0.717, 1.165) is 37.2 Å². The fourth-order valence-corrected chi connectivity index (χ4v) is 2.83. The third-order valence-electron chi connectivity index (χ3n) is 4.32. The molecule has 2 atom stereocenters. The molecule has 1 aromatic carbocycles. The molecule has 2 rings (SSSR count). The van der Waals surface area contributed by atoms with Crippen molar-refractivity contribution in [2.45, 2.75) is 38.3 Å². The maximum absolute atomic E-state index is 14.2. The van der Waals surface area contributed by atoms with Crippen molar-refractivity contribution in [2.24, 2.45) is 5.73 Å². The Morgan fingerprint density at radius 2 is 2.20 bits per heavy atom. The fraction of sp³-hybridized carbons (Fsp3) is 0.625. The number of hydrogen-bond donors (Lipinski definition) is 1. The van der Waals surface area contributed by atoms with E-state index in [-0.39, 0.29) is 11.9 Å². The van der Waals surface area contributed by atoms with Crippen molar-refractivity contribution in [3.8, 4) is 0 Å². The lowest BCUT2D eigenvalue weighted by Crippen LogP contribution is -2.32. The summed E-state index contributed by atoms with van der Waals surface area (Å²) in [5, 5.41) is 0. The van der Waals surface area contributed by atoms with Crippen LogP contribution in [0.15, 0.2) is 18.2 Å². The van der Waals surface area contributed by atoms with E-state index in [4.69, 9.17) is 5.73 Å². The first-order chi connectivity index (χ1) is 9.52. The molecule has 1 aliphatic rings. The van der Waals surface area contributed by atoms with Crippen LogP contribution < -0.4 is 10.6 Å². The lowest BCUT2D eigenvalue weighted by Gasteiger charge is -2.25. The van der Waals surface area contributed by atoms with Crippen LogP contribution in [0.1, 0.15) is 25.3 Å². The van der Waals surface area contributed by atoms with Crippen LogP contribution in [0.3, 0.4) is 0 Å². The van der Waals surface area contributed by atoms with Gasteiger partial charge in [-0.3, -0.25) is 0 Å². The zero-order valence-electron chi connectivity index (χ0n) is 12.8. The van der Waals surface area contributed by atoms with Gasteiger partial charge >= 0.3 is 0 Å². The minimum Gasteiger partial charge on any atom is -0.370 e. The maximum atomic E-state index is 14.2. The van der Waals surface area contributed by atoms with E-state index < -0.39 is 0 Å². The number of hydrogen-bond acceptors (Lipinski definition) is 3. The van der Waals surface area contributed by atoms with E-state index in [1.54, 1.807) is 12.1 Å². The summed E-state index contributed by atoms with van der Waals surface area (Å²) < 4.78 is 14.2. The van der Waals surface area contributed by atoms with E-state index >= 15 is 0 Å². The molecule has 0 radical (unpaired) electrons. The van der Waals surface area contributed by atoms with Crippen LogP contribution in [0.25, 0.3) is 0 Å². The Kier molecular flexibility index (Phi) is 5.00. The molecule has 0 spiro atoms. The number of anilines is 1. The third-order valence-corrected chi connectivity index (χ3v) is 4.32. The van der Waals surface area contributed by atoms with Gasteiger partial charge < -0.3 is 15.5 Å². The first-order valence-corrected chi connectivity index (χ1v) is 7.47. The molecule has 0 aliphatic carbocycles. The van der Waals surface area contributed by atoms with Gasteiger partial charge in [-0.25, -0.2) is 4.39 Å². The Bertz CT molecular complexity index is 447. The SMILES string of the molecule is CCC(N)Cc1c(F)cccc1N1CCC(N(C)C)C1. The normalized spacial score (nSPS) is 20.7. The van der Waals surface area contributed by atoms with Crippen molar-refractivity contribution in [1.29, 1.82) is 0 Å². The maximum Gasteiger partial charge on any atom is 0.128 e. The predicted molar refractivity (Wildman–Crippen MR) is 82.7 cm³/mol. The number of benzene rings is 1. The monoisotopic (exact) mass is 279 g/mol. The summed E-state index contributed by atoms with van der Waals surface area (Å²) in [5.41, 5.74) is 7.83. The lowest BCUT2D eigenvalue weighted by molar-refractivity contribution is 0.315. The first kappa shape index (κ1) is 15.3.